The van der Waals surface area contributed by atoms with Crippen molar-refractivity contribution in [3.05, 3.63) is 82.1 Å². The molecule has 25 heavy (non-hydrogen) atoms. The topological polar surface area (TPSA) is 66.0 Å². The van der Waals surface area contributed by atoms with Gasteiger partial charge in [-0.05, 0) is 23.8 Å². The van der Waals surface area contributed by atoms with E-state index in [1.54, 1.807) is 18.3 Å². The molecule has 0 bridgehead atoms. The molecule has 0 aliphatic rings. The minimum Gasteiger partial charge on any atom is -0.506 e. The smallest absolute Gasteiger partial charge is 0.191 e. The highest BCUT2D eigenvalue weighted by Gasteiger charge is 2.14. The molecule has 4 rings (SSSR count). The Hall–Kier alpha value is -3.11. The van der Waals surface area contributed by atoms with Crippen LogP contribution in [0.5, 0.6) is 5.75 Å². The molecule has 0 saturated carbocycles. The minimum atomic E-state index is -0.105. The maximum atomic E-state index is 12.2. The largest absolute Gasteiger partial charge is 0.506 e. The Bertz CT molecular complexity index is 1140. The van der Waals surface area contributed by atoms with Crippen LogP contribution in [0.2, 0.25) is 5.02 Å². The molecule has 0 atom stereocenters. The van der Waals surface area contributed by atoms with E-state index in [2.05, 4.69) is 9.97 Å². The number of aromatic nitrogens is 2. The Morgan fingerprint density at radius 1 is 0.960 bits per heavy atom. The van der Waals surface area contributed by atoms with E-state index in [0.29, 0.717) is 11.0 Å². The van der Waals surface area contributed by atoms with E-state index >= 15 is 0 Å². The van der Waals surface area contributed by atoms with Gasteiger partial charge in [-0.1, -0.05) is 48.0 Å². The third kappa shape index (κ3) is 2.77. The van der Waals surface area contributed by atoms with E-state index in [0.717, 1.165) is 22.4 Å². The molecule has 0 spiro atoms. The van der Waals surface area contributed by atoms with Crippen LogP contribution in [0.3, 0.4) is 0 Å². The first-order chi connectivity index (χ1) is 12.1. The van der Waals surface area contributed by atoms with Crippen LogP contribution in [-0.4, -0.2) is 15.1 Å². The number of nitrogens with one attached hydrogen (secondary N) is 1. The summed E-state index contributed by atoms with van der Waals surface area (Å²) in [6.07, 6.45) is 1.59. The molecule has 2 heterocycles. The maximum absolute atomic E-state index is 12.2. The van der Waals surface area contributed by atoms with E-state index in [-0.39, 0.29) is 16.2 Å². The van der Waals surface area contributed by atoms with Crippen LogP contribution >= 0.6 is 11.6 Å². The highest BCUT2D eigenvalue weighted by molar-refractivity contribution is 6.32. The Balaban J connectivity index is 2.08. The molecule has 0 fully saturated rings. The van der Waals surface area contributed by atoms with Crippen molar-refractivity contribution in [2.45, 2.75) is 0 Å². The van der Waals surface area contributed by atoms with Gasteiger partial charge >= 0.3 is 0 Å². The molecule has 4 nitrogen and oxygen atoms in total. The van der Waals surface area contributed by atoms with Gasteiger partial charge in [-0.2, -0.15) is 0 Å². The normalized spacial score (nSPS) is 10.9. The van der Waals surface area contributed by atoms with Crippen LogP contribution in [0.4, 0.5) is 0 Å². The molecular formula is C20H13ClN2O2. The van der Waals surface area contributed by atoms with Gasteiger partial charge in [0.05, 0.1) is 16.1 Å². The number of phenolic OH excluding ortho intramolecular Hbond substituents is 1. The second-order valence-electron chi connectivity index (χ2n) is 5.65. The summed E-state index contributed by atoms with van der Waals surface area (Å²) in [6.45, 7) is 0. The van der Waals surface area contributed by atoms with E-state index in [4.69, 9.17) is 11.6 Å². The summed E-state index contributed by atoms with van der Waals surface area (Å²) in [7, 11) is 0. The summed E-state index contributed by atoms with van der Waals surface area (Å²) >= 11 is 6.07. The number of pyridine rings is 2. The van der Waals surface area contributed by atoms with Crippen molar-refractivity contribution in [3.8, 4) is 28.1 Å². The highest BCUT2D eigenvalue weighted by atomic mass is 35.5. The standard InChI is InChI=1S/C20H13ClN2O2/c21-16-10-13(6-7-18(16)25)14-11-15-17(24)8-9-22-20(15)23-19(14)12-4-2-1-3-5-12/h1-11,25H,(H,22,23,24). The molecule has 5 heteroatoms. The molecular weight excluding hydrogens is 336 g/mol. The van der Waals surface area contributed by atoms with E-state index in [1.165, 1.54) is 12.1 Å². The highest BCUT2D eigenvalue weighted by Crippen LogP contribution is 2.35. The van der Waals surface area contributed by atoms with Crippen molar-refractivity contribution in [2.24, 2.45) is 0 Å². The lowest BCUT2D eigenvalue weighted by atomic mass is 9.98. The fourth-order valence-corrected chi connectivity index (χ4v) is 2.99. The second kappa shape index (κ2) is 6.07. The number of aromatic hydroxyl groups is 1. The molecule has 0 amide bonds. The van der Waals surface area contributed by atoms with Crippen molar-refractivity contribution in [1.29, 1.82) is 0 Å². The zero-order valence-corrected chi connectivity index (χ0v) is 13.8. The van der Waals surface area contributed by atoms with Crippen LogP contribution in [0.15, 0.2) is 71.7 Å². The molecule has 2 aromatic carbocycles. The van der Waals surface area contributed by atoms with Crippen molar-refractivity contribution in [2.75, 3.05) is 0 Å². The van der Waals surface area contributed by atoms with Crippen LogP contribution < -0.4 is 5.43 Å². The summed E-state index contributed by atoms with van der Waals surface area (Å²) in [4.78, 5) is 19.9. The zero-order valence-electron chi connectivity index (χ0n) is 13.0. The number of hydrogen-bond donors (Lipinski definition) is 2. The third-order valence-electron chi connectivity index (χ3n) is 4.05. The van der Waals surface area contributed by atoms with Crippen LogP contribution in [0.25, 0.3) is 33.4 Å². The van der Waals surface area contributed by atoms with Gasteiger partial charge in [-0.25, -0.2) is 4.98 Å². The third-order valence-corrected chi connectivity index (χ3v) is 4.35. The van der Waals surface area contributed by atoms with Crippen molar-refractivity contribution < 1.29 is 5.11 Å². The minimum absolute atomic E-state index is 0.0123. The van der Waals surface area contributed by atoms with Gasteiger partial charge in [0.2, 0.25) is 0 Å². The Morgan fingerprint density at radius 2 is 1.76 bits per heavy atom. The lowest BCUT2D eigenvalue weighted by Crippen LogP contribution is -2.03. The number of hydrogen-bond acceptors (Lipinski definition) is 3. The number of rotatable bonds is 2. The van der Waals surface area contributed by atoms with E-state index in [9.17, 15) is 9.90 Å². The number of nitrogens with zero attached hydrogens (tertiary/aromatic N) is 1. The SMILES string of the molecule is O=c1cc[nH]c2nc(-c3ccccc3)c(-c3ccc(O)c(Cl)c3)cc12. The number of aromatic amines is 1. The lowest BCUT2D eigenvalue weighted by molar-refractivity contribution is 0.475. The van der Waals surface area contributed by atoms with Crippen molar-refractivity contribution in [1.82, 2.24) is 9.97 Å². The summed E-state index contributed by atoms with van der Waals surface area (Å²) < 4.78 is 0. The van der Waals surface area contributed by atoms with Gasteiger partial charge in [0, 0.05) is 23.4 Å². The molecule has 2 aromatic heterocycles. The van der Waals surface area contributed by atoms with Crippen LogP contribution in [0, 0.1) is 0 Å². The average Bonchev–Trinajstić information content (AvgIpc) is 2.64. The first kappa shape index (κ1) is 15.4. The fraction of sp³-hybridized carbons (Fsp3) is 0. The molecule has 122 valence electrons. The summed E-state index contributed by atoms with van der Waals surface area (Å²) in [5, 5.41) is 10.4. The quantitative estimate of drug-likeness (QED) is 0.555. The van der Waals surface area contributed by atoms with Crippen molar-refractivity contribution >= 4 is 22.6 Å². The van der Waals surface area contributed by atoms with E-state index < -0.39 is 0 Å². The predicted octanol–water partition coefficient (Wildman–Crippen LogP) is 4.62. The first-order valence-electron chi connectivity index (χ1n) is 7.70. The molecule has 0 aliphatic carbocycles. The first-order valence-corrected chi connectivity index (χ1v) is 8.08. The summed E-state index contributed by atoms with van der Waals surface area (Å²) in [6, 6.07) is 18.0. The average molecular weight is 349 g/mol. The molecule has 2 N–H and O–H groups in total. The molecule has 0 radical (unpaired) electrons. The van der Waals surface area contributed by atoms with E-state index in [1.807, 2.05) is 36.4 Å². The van der Waals surface area contributed by atoms with Gasteiger partial charge in [-0.3, -0.25) is 4.79 Å². The zero-order chi connectivity index (χ0) is 17.4. The van der Waals surface area contributed by atoms with Crippen LogP contribution in [0.1, 0.15) is 0 Å². The molecule has 0 saturated heterocycles. The Kier molecular flexibility index (Phi) is 3.75. The number of fused-ring (bicyclic) bond motifs is 1. The molecule has 4 aromatic rings. The van der Waals surface area contributed by atoms with Gasteiger partial charge in [-0.15, -0.1) is 0 Å². The molecule has 0 aliphatic heterocycles. The van der Waals surface area contributed by atoms with Crippen LogP contribution in [-0.2, 0) is 0 Å². The van der Waals surface area contributed by atoms with Gasteiger partial charge in [0.1, 0.15) is 11.4 Å². The van der Waals surface area contributed by atoms with Crippen molar-refractivity contribution in [3.63, 3.8) is 0 Å². The Labute approximate surface area is 148 Å². The van der Waals surface area contributed by atoms with Gasteiger partial charge < -0.3 is 10.1 Å². The number of halogens is 1. The predicted molar refractivity (Wildman–Crippen MR) is 99.9 cm³/mol. The number of H-pyrrole nitrogens is 1. The fourth-order valence-electron chi connectivity index (χ4n) is 2.81. The lowest BCUT2D eigenvalue weighted by Gasteiger charge is -2.12. The number of phenols is 1. The monoisotopic (exact) mass is 348 g/mol. The summed E-state index contributed by atoms with van der Waals surface area (Å²) in [5.41, 5.74) is 3.63. The second-order valence-corrected chi connectivity index (χ2v) is 6.06. The molecule has 0 unspecified atom stereocenters. The summed E-state index contributed by atoms with van der Waals surface area (Å²) in [5.74, 6) is 0.0123. The Morgan fingerprint density at radius 3 is 2.52 bits per heavy atom. The van der Waals surface area contributed by atoms with Gasteiger partial charge in [0.15, 0.2) is 5.43 Å². The maximum Gasteiger partial charge on any atom is 0.191 e. The van der Waals surface area contributed by atoms with Gasteiger partial charge in [0.25, 0.3) is 0 Å². The number of benzene rings is 2.